The highest BCUT2D eigenvalue weighted by molar-refractivity contribution is 5.81. The zero-order valence-electron chi connectivity index (χ0n) is 13.4. The standard InChI is InChI=1S/C15H30N2O3/c1-6-16-10-8-12(18)13(19)9-11(10)17(7-2)14(20)15(3,4)5/h10-13,16,18-19H,6-9H2,1-5H3. The first-order valence-electron chi connectivity index (χ1n) is 7.62. The Kier molecular flexibility index (Phi) is 5.98. The van der Waals surface area contributed by atoms with Crippen LogP contribution in [0.15, 0.2) is 0 Å². The lowest BCUT2D eigenvalue weighted by molar-refractivity contribution is -0.145. The summed E-state index contributed by atoms with van der Waals surface area (Å²) in [5, 5.41) is 23.1. The first-order chi connectivity index (χ1) is 9.22. The van der Waals surface area contributed by atoms with Gasteiger partial charge < -0.3 is 20.4 Å². The van der Waals surface area contributed by atoms with Crippen molar-refractivity contribution in [3.05, 3.63) is 0 Å². The van der Waals surface area contributed by atoms with E-state index >= 15 is 0 Å². The molecule has 20 heavy (non-hydrogen) atoms. The van der Waals surface area contributed by atoms with Crippen LogP contribution < -0.4 is 5.32 Å². The van der Waals surface area contributed by atoms with E-state index in [1.807, 2.05) is 39.5 Å². The molecule has 0 saturated heterocycles. The van der Waals surface area contributed by atoms with Crippen molar-refractivity contribution in [2.75, 3.05) is 13.1 Å². The van der Waals surface area contributed by atoms with Crippen LogP contribution in [0.1, 0.15) is 47.5 Å². The van der Waals surface area contributed by atoms with Gasteiger partial charge in [0, 0.05) is 24.0 Å². The molecule has 3 N–H and O–H groups in total. The monoisotopic (exact) mass is 286 g/mol. The van der Waals surface area contributed by atoms with Crippen LogP contribution in [0.4, 0.5) is 0 Å². The molecular formula is C15H30N2O3. The molecule has 5 nitrogen and oxygen atoms in total. The molecular weight excluding hydrogens is 256 g/mol. The topological polar surface area (TPSA) is 72.8 Å². The maximum Gasteiger partial charge on any atom is 0.228 e. The van der Waals surface area contributed by atoms with E-state index < -0.39 is 17.6 Å². The maximum absolute atomic E-state index is 12.6. The fourth-order valence-electron chi connectivity index (χ4n) is 2.93. The van der Waals surface area contributed by atoms with Crippen LogP contribution in [0.2, 0.25) is 0 Å². The van der Waals surface area contributed by atoms with E-state index in [4.69, 9.17) is 0 Å². The Bertz CT molecular complexity index is 328. The third kappa shape index (κ3) is 3.93. The van der Waals surface area contributed by atoms with E-state index in [1.54, 1.807) is 0 Å². The van der Waals surface area contributed by atoms with Gasteiger partial charge in [-0.05, 0) is 26.3 Å². The van der Waals surface area contributed by atoms with Gasteiger partial charge in [-0.3, -0.25) is 4.79 Å². The number of rotatable bonds is 4. The largest absolute Gasteiger partial charge is 0.390 e. The van der Waals surface area contributed by atoms with E-state index in [0.29, 0.717) is 19.4 Å². The second kappa shape index (κ2) is 6.87. The van der Waals surface area contributed by atoms with Crippen molar-refractivity contribution < 1.29 is 15.0 Å². The summed E-state index contributed by atoms with van der Waals surface area (Å²) in [6.07, 6.45) is -0.558. The minimum atomic E-state index is -0.753. The van der Waals surface area contributed by atoms with E-state index in [1.165, 1.54) is 0 Å². The molecule has 1 amide bonds. The second-order valence-electron chi connectivity index (χ2n) is 6.68. The van der Waals surface area contributed by atoms with Crippen molar-refractivity contribution in [3.8, 4) is 0 Å². The van der Waals surface area contributed by atoms with E-state index in [9.17, 15) is 15.0 Å². The molecule has 1 aliphatic carbocycles. The minimum Gasteiger partial charge on any atom is -0.390 e. The number of hydrogen-bond donors (Lipinski definition) is 3. The molecule has 0 aromatic carbocycles. The Balaban J connectivity index is 2.94. The molecule has 118 valence electrons. The summed E-state index contributed by atoms with van der Waals surface area (Å²) in [6, 6.07) is -0.0327. The summed E-state index contributed by atoms with van der Waals surface area (Å²) in [4.78, 5) is 14.4. The summed E-state index contributed by atoms with van der Waals surface area (Å²) >= 11 is 0. The fourth-order valence-corrected chi connectivity index (χ4v) is 2.93. The van der Waals surface area contributed by atoms with Crippen molar-refractivity contribution in [3.63, 3.8) is 0 Å². The first kappa shape index (κ1) is 17.4. The van der Waals surface area contributed by atoms with Crippen molar-refractivity contribution in [2.24, 2.45) is 5.41 Å². The lowest BCUT2D eigenvalue weighted by atomic mass is 9.83. The predicted molar refractivity (Wildman–Crippen MR) is 79.3 cm³/mol. The van der Waals surface area contributed by atoms with Gasteiger partial charge in [-0.15, -0.1) is 0 Å². The Morgan fingerprint density at radius 2 is 1.75 bits per heavy atom. The molecule has 0 heterocycles. The predicted octanol–water partition coefficient (Wildman–Crippen LogP) is 0.743. The molecule has 0 aromatic rings. The van der Waals surface area contributed by atoms with Gasteiger partial charge in [-0.2, -0.15) is 0 Å². The average molecular weight is 286 g/mol. The van der Waals surface area contributed by atoms with Crippen molar-refractivity contribution in [1.29, 1.82) is 0 Å². The van der Waals surface area contributed by atoms with Crippen LogP contribution in [0, 0.1) is 5.41 Å². The molecule has 5 heteroatoms. The Hall–Kier alpha value is -0.650. The van der Waals surface area contributed by atoms with Gasteiger partial charge in [0.2, 0.25) is 5.91 Å². The number of aliphatic hydroxyl groups excluding tert-OH is 2. The van der Waals surface area contributed by atoms with Crippen molar-refractivity contribution >= 4 is 5.91 Å². The zero-order valence-corrected chi connectivity index (χ0v) is 13.4. The molecule has 0 aliphatic heterocycles. The number of carbonyl (C=O) groups excluding carboxylic acids is 1. The molecule has 1 rings (SSSR count). The van der Waals surface area contributed by atoms with Gasteiger partial charge in [-0.25, -0.2) is 0 Å². The van der Waals surface area contributed by atoms with Crippen LogP contribution >= 0.6 is 0 Å². The van der Waals surface area contributed by atoms with E-state index in [-0.39, 0.29) is 18.0 Å². The SMILES string of the molecule is CCNC1CC(O)C(O)CC1N(CC)C(=O)C(C)(C)C. The average Bonchev–Trinajstić information content (AvgIpc) is 2.35. The number of nitrogens with zero attached hydrogens (tertiary/aromatic N) is 1. The quantitative estimate of drug-likeness (QED) is 0.713. The van der Waals surface area contributed by atoms with Crippen LogP contribution in [0.3, 0.4) is 0 Å². The molecule has 4 atom stereocenters. The Labute approximate surface area is 122 Å². The number of likely N-dealkylation sites (N-methyl/N-ethyl adjacent to an activating group) is 2. The van der Waals surface area contributed by atoms with E-state index in [2.05, 4.69) is 5.32 Å². The smallest absolute Gasteiger partial charge is 0.228 e. The number of hydrogen-bond acceptors (Lipinski definition) is 4. The van der Waals surface area contributed by atoms with Gasteiger partial charge in [0.15, 0.2) is 0 Å². The van der Waals surface area contributed by atoms with Crippen LogP contribution in [-0.4, -0.2) is 58.4 Å². The van der Waals surface area contributed by atoms with Crippen LogP contribution in [-0.2, 0) is 4.79 Å². The lowest BCUT2D eigenvalue weighted by Gasteiger charge is -2.45. The Morgan fingerprint density at radius 3 is 2.20 bits per heavy atom. The van der Waals surface area contributed by atoms with Gasteiger partial charge in [0.1, 0.15) is 0 Å². The molecule has 0 radical (unpaired) electrons. The fraction of sp³-hybridized carbons (Fsp3) is 0.933. The molecule has 0 aromatic heterocycles. The third-order valence-corrected chi connectivity index (χ3v) is 4.00. The number of nitrogens with one attached hydrogen (secondary N) is 1. The highest BCUT2D eigenvalue weighted by atomic mass is 16.3. The van der Waals surface area contributed by atoms with Gasteiger partial charge >= 0.3 is 0 Å². The highest BCUT2D eigenvalue weighted by Gasteiger charge is 2.41. The summed E-state index contributed by atoms with van der Waals surface area (Å²) in [7, 11) is 0. The summed E-state index contributed by atoms with van der Waals surface area (Å²) in [6.45, 7) is 11.1. The molecule has 0 spiro atoms. The van der Waals surface area contributed by atoms with Gasteiger partial charge in [0.25, 0.3) is 0 Å². The number of aliphatic hydroxyl groups is 2. The molecule has 1 fully saturated rings. The summed E-state index contributed by atoms with van der Waals surface area (Å²) < 4.78 is 0. The lowest BCUT2D eigenvalue weighted by Crippen LogP contribution is -2.60. The molecule has 1 saturated carbocycles. The summed E-state index contributed by atoms with van der Waals surface area (Å²) in [5.41, 5.74) is -0.437. The zero-order chi connectivity index (χ0) is 15.5. The van der Waals surface area contributed by atoms with Gasteiger partial charge in [-0.1, -0.05) is 27.7 Å². The van der Waals surface area contributed by atoms with Crippen molar-refractivity contribution in [2.45, 2.75) is 71.8 Å². The first-order valence-corrected chi connectivity index (χ1v) is 7.62. The molecule has 4 unspecified atom stereocenters. The number of carbonyl (C=O) groups is 1. The second-order valence-corrected chi connectivity index (χ2v) is 6.68. The molecule has 0 bridgehead atoms. The minimum absolute atomic E-state index is 0.0321. The third-order valence-electron chi connectivity index (χ3n) is 4.00. The van der Waals surface area contributed by atoms with Gasteiger partial charge in [0.05, 0.1) is 12.2 Å². The van der Waals surface area contributed by atoms with Crippen LogP contribution in [0.5, 0.6) is 0 Å². The number of amides is 1. The maximum atomic E-state index is 12.6. The normalized spacial score (nSPS) is 31.1. The highest BCUT2D eigenvalue weighted by Crippen LogP contribution is 2.28. The molecule has 1 aliphatic rings. The van der Waals surface area contributed by atoms with E-state index in [0.717, 1.165) is 6.54 Å². The Morgan fingerprint density at radius 1 is 1.20 bits per heavy atom. The van der Waals surface area contributed by atoms with Crippen molar-refractivity contribution in [1.82, 2.24) is 10.2 Å². The summed E-state index contributed by atoms with van der Waals surface area (Å²) in [5.74, 6) is 0.0940. The van der Waals surface area contributed by atoms with Crippen LogP contribution in [0.25, 0.3) is 0 Å².